The van der Waals surface area contributed by atoms with Gasteiger partial charge in [0, 0.05) is 25.8 Å². The number of ether oxygens (including phenoxy) is 3. The van der Waals surface area contributed by atoms with Crippen LogP contribution in [0.4, 0.5) is 0 Å². The summed E-state index contributed by atoms with van der Waals surface area (Å²) in [6.45, 7) is 7.80. The third kappa shape index (κ3) is 5.97. The van der Waals surface area contributed by atoms with E-state index >= 15 is 0 Å². The second-order valence-corrected chi connectivity index (χ2v) is 8.33. The van der Waals surface area contributed by atoms with Crippen molar-refractivity contribution in [2.45, 2.75) is 13.1 Å². The minimum Gasteiger partial charge on any atom is -0.454 e. The summed E-state index contributed by atoms with van der Waals surface area (Å²) < 4.78 is 16.1. The molecule has 0 atom stereocenters. The summed E-state index contributed by atoms with van der Waals surface area (Å²) in [7, 11) is 1.68. The molecule has 4 rings (SSSR count). The molecule has 1 amide bonds. The number of carbonyl (C=O) groups is 1. The van der Waals surface area contributed by atoms with Crippen molar-refractivity contribution in [2.24, 2.45) is 0 Å². The van der Waals surface area contributed by atoms with E-state index in [4.69, 9.17) is 14.2 Å². The number of fused-ring (bicyclic) bond motifs is 1. The van der Waals surface area contributed by atoms with Gasteiger partial charge in [-0.2, -0.15) is 0 Å². The molecule has 2 heterocycles. The van der Waals surface area contributed by atoms with Crippen molar-refractivity contribution in [1.82, 2.24) is 4.90 Å². The molecule has 31 heavy (non-hydrogen) atoms. The number of nitrogens with one attached hydrogen (secondary N) is 2. The molecule has 0 radical (unpaired) electrons. The van der Waals surface area contributed by atoms with E-state index in [1.807, 2.05) is 29.2 Å². The van der Waals surface area contributed by atoms with Crippen LogP contribution in [-0.4, -0.2) is 70.6 Å². The van der Waals surface area contributed by atoms with Crippen molar-refractivity contribution >= 4 is 5.91 Å². The third-order valence-electron chi connectivity index (χ3n) is 6.09. The molecule has 1 fully saturated rings. The Morgan fingerprint density at radius 2 is 1.71 bits per heavy atom. The molecule has 2 aromatic rings. The highest BCUT2D eigenvalue weighted by atomic mass is 16.7. The Labute approximate surface area is 184 Å². The molecule has 0 unspecified atom stereocenters. The van der Waals surface area contributed by atoms with E-state index in [-0.39, 0.29) is 5.91 Å². The second-order valence-electron chi connectivity index (χ2n) is 8.33. The highest BCUT2D eigenvalue weighted by molar-refractivity contribution is 5.77. The van der Waals surface area contributed by atoms with Crippen molar-refractivity contribution in [2.75, 3.05) is 59.8 Å². The summed E-state index contributed by atoms with van der Waals surface area (Å²) in [5.41, 5.74) is 2.42. The number of nitrogens with zero attached hydrogens (tertiary/aromatic N) is 1. The molecule has 0 aromatic heterocycles. The number of carbonyl (C=O) groups excluding carboxylic acids is 1. The molecule has 0 bridgehead atoms. The van der Waals surface area contributed by atoms with Gasteiger partial charge in [0.15, 0.2) is 18.0 Å². The van der Waals surface area contributed by atoms with Gasteiger partial charge in [0.25, 0.3) is 5.91 Å². The lowest BCUT2D eigenvalue weighted by atomic mass is 10.1. The van der Waals surface area contributed by atoms with Gasteiger partial charge in [-0.1, -0.05) is 30.3 Å². The molecule has 7 nitrogen and oxygen atoms in total. The second kappa shape index (κ2) is 10.6. The monoisotopic (exact) mass is 427 g/mol. The summed E-state index contributed by atoms with van der Waals surface area (Å²) in [5.74, 6) is 1.89. The SMILES string of the molecule is COCCN(Cc1ccccc1)C(=O)C[NH+]1CC[NH+](Cc2ccc3c(c2)OCO3)CC1. The van der Waals surface area contributed by atoms with E-state index in [2.05, 4.69) is 24.3 Å². The highest BCUT2D eigenvalue weighted by Crippen LogP contribution is 2.32. The standard InChI is InChI=1S/C24H31N3O4/c1-29-14-13-27(17-20-5-3-2-4-6-20)24(28)18-26-11-9-25(10-12-26)16-21-7-8-22-23(15-21)31-19-30-22/h2-8,15H,9-14,16-19H2,1H3/p+2. The molecule has 2 N–H and O–H groups in total. The maximum atomic E-state index is 13.0. The molecule has 0 saturated carbocycles. The van der Waals surface area contributed by atoms with Gasteiger partial charge < -0.3 is 28.9 Å². The molecule has 0 spiro atoms. The van der Waals surface area contributed by atoms with Crippen LogP contribution >= 0.6 is 0 Å². The Hall–Kier alpha value is -2.61. The van der Waals surface area contributed by atoms with Crippen LogP contribution in [0.3, 0.4) is 0 Å². The summed E-state index contributed by atoms with van der Waals surface area (Å²) in [6, 6.07) is 16.4. The van der Waals surface area contributed by atoms with Gasteiger partial charge >= 0.3 is 0 Å². The van der Waals surface area contributed by atoms with Gasteiger partial charge in [-0.3, -0.25) is 4.79 Å². The number of benzene rings is 2. The maximum Gasteiger partial charge on any atom is 0.278 e. The minimum atomic E-state index is 0.204. The third-order valence-corrected chi connectivity index (χ3v) is 6.09. The van der Waals surface area contributed by atoms with E-state index in [9.17, 15) is 4.79 Å². The lowest BCUT2D eigenvalue weighted by Crippen LogP contribution is -3.28. The number of amides is 1. The van der Waals surface area contributed by atoms with Crippen molar-refractivity contribution < 1.29 is 28.8 Å². The zero-order valence-electron chi connectivity index (χ0n) is 18.3. The Balaban J connectivity index is 1.26. The number of methoxy groups -OCH3 is 1. The number of rotatable bonds is 9. The van der Waals surface area contributed by atoms with Gasteiger partial charge in [-0.05, 0) is 23.8 Å². The summed E-state index contributed by atoms with van der Waals surface area (Å²) in [5, 5.41) is 0. The first-order valence-corrected chi connectivity index (χ1v) is 11.1. The van der Waals surface area contributed by atoms with Crippen LogP contribution in [0.5, 0.6) is 11.5 Å². The van der Waals surface area contributed by atoms with E-state index in [0.29, 0.717) is 33.0 Å². The lowest BCUT2D eigenvalue weighted by Gasteiger charge is -2.31. The Morgan fingerprint density at radius 3 is 2.48 bits per heavy atom. The summed E-state index contributed by atoms with van der Waals surface area (Å²) in [4.78, 5) is 17.9. The average Bonchev–Trinajstić information content (AvgIpc) is 3.26. The fourth-order valence-electron chi connectivity index (χ4n) is 4.27. The number of hydrogen-bond donors (Lipinski definition) is 2. The van der Waals surface area contributed by atoms with Crippen LogP contribution in [0.25, 0.3) is 0 Å². The Bertz CT molecular complexity index is 853. The Morgan fingerprint density at radius 1 is 0.968 bits per heavy atom. The predicted octanol–water partition coefficient (Wildman–Crippen LogP) is -0.626. The molecule has 1 saturated heterocycles. The van der Waals surface area contributed by atoms with Gasteiger partial charge in [-0.15, -0.1) is 0 Å². The van der Waals surface area contributed by atoms with Gasteiger partial charge in [0.05, 0.1) is 6.61 Å². The minimum absolute atomic E-state index is 0.204. The number of quaternary nitrogens is 2. The topological polar surface area (TPSA) is 56.9 Å². The van der Waals surface area contributed by atoms with Crippen LogP contribution in [-0.2, 0) is 22.6 Å². The fourth-order valence-corrected chi connectivity index (χ4v) is 4.27. The summed E-state index contributed by atoms with van der Waals surface area (Å²) in [6.07, 6.45) is 0. The van der Waals surface area contributed by atoms with Gasteiger partial charge in [0.1, 0.15) is 32.7 Å². The molecular weight excluding hydrogens is 394 g/mol. The normalized spacial score (nSPS) is 19.9. The molecule has 2 aliphatic rings. The number of hydrogen-bond acceptors (Lipinski definition) is 4. The predicted molar refractivity (Wildman–Crippen MR) is 116 cm³/mol. The van der Waals surface area contributed by atoms with Gasteiger partial charge in [0.2, 0.25) is 6.79 Å². The Kier molecular flexibility index (Phi) is 7.40. The quantitative estimate of drug-likeness (QED) is 0.560. The van der Waals surface area contributed by atoms with Crippen molar-refractivity contribution in [3.05, 3.63) is 59.7 Å². The van der Waals surface area contributed by atoms with E-state index in [0.717, 1.165) is 49.8 Å². The van der Waals surface area contributed by atoms with Crippen LogP contribution in [0.2, 0.25) is 0 Å². The molecule has 2 aromatic carbocycles. The first kappa shape index (κ1) is 21.6. The van der Waals surface area contributed by atoms with E-state index in [1.165, 1.54) is 10.5 Å². The number of piperazine rings is 1. The largest absolute Gasteiger partial charge is 0.454 e. The van der Waals surface area contributed by atoms with E-state index in [1.54, 1.807) is 12.0 Å². The van der Waals surface area contributed by atoms with Crippen molar-refractivity contribution in [3.63, 3.8) is 0 Å². The zero-order valence-corrected chi connectivity index (χ0v) is 18.3. The van der Waals surface area contributed by atoms with Crippen molar-refractivity contribution in [1.29, 1.82) is 0 Å². The van der Waals surface area contributed by atoms with E-state index < -0.39 is 0 Å². The zero-order chi connectivity index (χ0) is 21.5. The van der Waals surface area contributed by atoms with Crippen LogP contribution in [0, 0.1) is 0 Å². The lowest BCUT2D eigenvalue weighted by molar-refractivity contribution is -1.02. The maximum absolute atomic E-state index is 13.0. The van der Waals surface area contributed by atoms with Crippen LogP contribution < -0.4 is 19.3 Å². The van der Waals surface area contributed by atoms with Crippen LogP contribution in [0.15, 0.2) is 48.5 Å². The average molecular weight is 428 g/mol. The van der Waals surface area contributed by atoms with Crippen LogP contribution in [0.1, 0.15) is 11.1 Å². The molecule has 2 aliphatic heterocycles. The first-order valence-electron chi connectivity index (χ1n) is 11.1. The fraction of sp³-hybridized carbons (Fsp3) is 0.458. The molecule has 166 valence electrons. The van der Waals surface area contributed by atoms with Gasteiger partial charge in [-0.25, -0.2) is 0 Å². The highest BCUT2D eigenvalue weighted by Gasteiger charge is 2.27. The smallest absolute Gasteiger partial charge is 0.278 e. The molecule has 0 aliphatic carbocycles. The summed E-state index contributed by atoms with van der Waals surface area (Å²) >= 11 is 0. The molecular formula is C24H33N3O4+2. The van der Waals surface area contributed by atoms with Crippen molar-refractivity contribution in [3.8, 4) is 11.5 Å². The molecule has 7 heteroatoms. The first-order chi connectivity index (χ1) is 15.2.